The first-order valence-corrected chi connectivity index (χ1v) is 6.70. The highest BCUT2D eigenvalue weighted by molar-refractivity contribution is 5.76. The van der Waals surface area contributed by atoms with Gasteiger partial charge in [-0.15, -0.1) is 0 Å². The maximum absolute atomic E-state index is 11.1. The molecule has 0 heterocycles. The minimum Gasteiger partial charge on any atom is -0.481 e. The largest absolute Gasteiger partial charge is 0.481 e. The first-order chi connectivity index (χ1) is 9.10. The lowest BCUT2D eigenvalue weighted by atomic mass is 10.2. The topological polar surface area (TPSA) is 82.1 Å². The predicted octanol–water partition coefficient (Wildman–Crippen LogP) is 1.96. The maximum Gasteiger partial charge on any atom is 0.306 e. The van der Waals surface area contributed by atoms with Gasteiger partial charge in [0, 0.05) is 13.2 Å². The minimum atomic E-state index is -0.992. The van der Waals surface area contributed by atoms with Crippen molar-refractivity contribution in [1.82, 2.24) is 0 Å². The van der Waals surface area contributed by atoms with Crippen molar-refractivity contribution in [2.24, 2.45) is 0 Å². The second kappa shape index (κ2) is 11.9. The number of carboxylic acids is 1. The Labute approximate surface area is 114 Å². The fourth-order valence-corrected chi connectivity index (χ4v) is 1.47. The van der Waals surface area contributed by atoms with Crippen molar-refractivity contribution in [3.05, 3.63) is 0 Å². The van der Waals surface area contributed by atoms with Crippen LogP contribution in [0.25, 0.3) is 0 Å². The number of ether oxygens (including phenoxy) is 3. The number of hydrogen-bond acceptors (Lipinski definition) is 5. The molecule has 6 nitrogen and oxygen atoms in total. The van der Waals surface area contributed by atoms with E-state index in [2.05, 4.69) is 0 Å². The zero-order chi connectivity index (χ0) is 14.5. The van der Waals surface area contributed by atoms with Gasteiger partial charge in [-0.25, -0.2) is 0 Å². The van der Waals surface area contributed by atoms with Gasteiger partial charge in [-0.05, 0) is 33.1 Å². The van der Waals surface area contributed by atoms with Crippen molar-refractivity contribution in [1.29, 1.82) is 0 Å². The Morgan fingerprint density at radius 2 is 1.68 bits per heavy atom. The maximum atomic E-state index is 11.1. The van der Waals surface area contributed by atoms with Crippen molar-refractivity contribution in [2.75, 3.05) is 19.8 Å². The van der Waals surface area contributed by atoms with Crippen LogP contribution >= 0.6 is 0 Å². The van der Waals surface area contributed by atoms with Crippen LogP contribution in [0, 0.1) is 0 Å². The molecule has 0 amide bonds. The Balaban J connectivity index is 3.51. The third kappa shape index (κ3) is 11.7. The number of carbonyl (C=O) groups excluding carboxylic acids is 1. The van der Waals surface area contributed by atoms with Crippen molar-refractivity contribution < 1.29 is 28.9 Å². The molecule has 0 aliphatic heterocycles. The number of carbonyl (C=O) groups is 2. The van der Waals surface area contributed by atoms with Gasteiger partial charge < -0.3 is 19.3 Å². The fourth-order valence-electron chi connectivity index (χ4n) is 1.47. The molecule has 0 radical (unpaired) electrons. The van der Waals surface area contributed by atoms with Crippen molar-refractivity contribution in [2.45, 2.75) is 52.2 Å². The van der Waals surface area contributed by atoms with E-state index < -0.39 is 11.9 Å². The molecular weight excluding hydrogens is 252 g/mol. The standard InChI is InChI=1S/C13H24O6/c1-3-17-13(18-4-2)7-5-6-10-19-12(16)9-8-11(14)15/h13H,3-10H2,1-2H3,(H,14,15). The van der Waals surface area contributed by atoms with Crippen LogP contribution in [0.4, 0.5) is 0 Å². The molecule has 0 atom stereocenters. The lowest BCUT2D eigenvalue weighted by molar-refractivity contribution is -0.148. The second-order valence-electron chi connectivity index (χ2n) is 3.95. The smallest absolute Gasteiger partial charge is 0.306 e. The molecule has 1 N–H and O–H groups in total. The Morgan fingerprint density at radius 3 is 2.21 bits per heavy atom. The zero-order valence-corrected chi connectivity index (χ0v) is 11.7. The molecule has 0 unspecified atom stereocenters. The average molecular weight is 276 g/mol. The van der Waals surface area contributed by atoms with Crippen LogP contribution in [0.1, 0.15) is 46.0 Å². The highest BCUT2D eigenvalue weighted by Gasteiger charge is 2.08. The van der Waals surface area contributed by atoms with E-state index in [1.54, 1.807) is 0 Å². The summed E-state index contributed by atoms with van der Waals surface area (Å²) in [6, 6.07) is 0. The number of unbranched alkanes of at least 4 members (excludes halogenated alkanes) is 1. The molecule has 112 valence electrons. The van der Waals surface area contributed by atoms with E-state index in [1.807, 2.05) is 13.8 Å². The summed E-state index contributed by atoms with van der Waals surface area (Å²) in [5, 5.41) is 8.40. The Bertz CT molecular complexity index is 248. The first-order valence-electron chi connectivity index (χ1n) is 6.70. The molecule has 0 saturated carbocycles. The van der Waals surface area contributed by atoms with Crippen molar-refractivity contribution >= 4 is 11.9 Å². The molecule has 0 aliphatic rings. The summed E-state index contributed by atoms with van der Waals surface area (Å²) in [6.07, 6.45) is 1.85. The van der Waals surface area contributed by atoms with E-state index >= 15 is 0 Å². The molecule has 0 aromatic carbocycles. The lowest BCUT2D eigenvalue weighted by Gasteiger charge is -2.16. The van der Waals surface area contributed by atoms with Gasteiger partial charge in [0.2, 0.25) is 0 Å². The Kier molecular flexibility index (Phi) is 11.2. The zero-order valence-electron chi connectivity index (χ0n) is 11.7. The van der Waals surface area contributed by atoms with E-state index in [0.717, 1.165) is 19.3 Å². The molecule has 0 aliphatic carbocycles. The first kappa shape index (κ1) is 17.9. The van der Waals surface area contributed by atoms with Crippen LogP contribution in [0.5, 0.6) is 0 Å². The van der Waals surface area contributed by atoms with Crippen LogP contribution in [-0.4, -0.2) is 43.2 Å². The quantitative estimate of drug-likeness (QED) is 0.333. The third-order valence-electron chi connectivity index (χ3n) is 2.35. The van der Waals surface area contributed by atoms with Crippen LogP contribution in [0.3, 0.4) is 0 Å². The summed E-state index contributed by atoms with van der Waals surface area (Å²) in [6.45, 7) is 5.35. The van der Waals surface area contributed by atoms with E-state index in [4.69, 9.17) is 19.3 Å². The highest BCUT2D eigenvalue weighted by Crippen LogP contribution is 2.07. The molecule has 0 aromatic heterocycles. The van der Waals surface area contributed by atoms with Gasteiger partial charge in [0.25, 0.3) is 0 Å². The summed E-state index contributed by atoms with van der Waals surface area (Å²) in [7, 11) is 0. The Morgan fingerprint density at radius 1 is 1.05 bits per heavy atom. The van der Waals surface area contributed by atoms with Gasteiger partial charge >= 0.3 is 11.9 Å². The van der Waals surface area contributed by atoms with Gasteiger partial charge in [0.05, 0.1) is 19.4 Å². The number of carboxylic acid groups (broad SMARTS) is 1. The lowest BCUT2D eigenvalue weighted by Crippen LogP contribution is -2.17. The molecule has 0 aromatic rings. The van der Waals surface area contributed by atoms with Crippen LogP contribution in [0.2, 0.25) is 0 Å². The fraction of sp³-hybridized carbons (Fsp3) is 0.846. The molecule has 0 fully saturated rings. The average Bonchev–Trinajstić information content (AvgIpc) is 2.36. The van der Waals surface area contributed by atoms with Gasteiger partial charge in [-0.3, -0.25) is 9.59 Å². The Hall–Kier alpha value is -1.14. The van der Waals surface area contributed by atoms with Gasteiger partial charge in [-0.1, -0.05) is 0 Å². The molecule has 0 spiro atoms. The van der Waals surface area contributed by atoms with Crippen LogP contribution in [-0.2, 0) is 23.8 Å². The molecule has 0 bridgehead atoms. The van der Waals surface area contributed by atoms with Crippen molar-refractivity contribution in [3.8, 4) is 0 Å². The molecule has 0 rings (SSSR count). The summed E-state index contributed by atoms with van der Waals surface area (Å²) in [5.41, 5.74) is 0. The second-order valence-corrected chi connectivity index (χ2v) is 3.95. The number of rotatable bonds is 12. The minimum absolute atomic E-state index is 0.0736. The van der Waals surface area contributed by atoms with Crippen LogP contribution in [0.15, 0.2) is 0 Å². The van der Waals surface area contributed by atoms with Gasteiger partial charge in [0.1, 0.15) is 0 Å². The summed E-state index contributed by atoms with van der Waals surface area (Å²) < 4.78 is 15.7. The van der Waals surface area contributed by atoms with E-state index in [9.17, 15) is 9.59 Å². The normalized spacial score (nSPS) is 10.7. The number of esters is 1. The van der Waals surface area contributed by atoms with E-state index in [0.29, 0.717) is 19.8 Å². The SMILES string of the molecule is CCOC(CCCCOC(=O)CCC(=O)O)OCC. The predicted molar refractivity (Wildman–Crippen MR) is 68.7 cm³/mol. The molecule has 0 saturated heterocycles. The summed E-state index contributed by atoms with van der Waals surface area (Å²) >= 11 is 0. The third-order valence-corrected chi connectivity index (χ3v) is 2.35. The van der Waals surface area contributed by atoms with E-state index in [1.165, 1.54) is 0 Å². The van der Waals surface area contributed by atoms with Crippen LogP contribution < -0.4 is 0 Å². The van der Waals surface area contributed by atoms with E-state index in [-0.39, 0.29) is 19.1 Å². The molecule has 19 heavy (non-hydrogen) atoms. The monoisotopic (exact) mass is 276 g/mol. The number of hydrogen-bond donors (Lipinski definition) is 1. The summed E-state index contributed by atoms with van der Waals surface area (Å²) in [4.78, 5) is 21.4. The van der Waals surface area contributed by atoms with Gasteiger partial charge in [-0.2, -0.15) is 0 Å². The summed E-state index contributed by atoms with van der Waals surface area (Å²) in [5.74, 6) is -1.46. The molecular formula is C13H24O6. The number of aliphatic carboxylic acids is 1. The van der Waals surface area contributed by atoms with Crippen molar-refractivity contribution in [3.63, 3.8) is 0 Å². The molecule has 6 heteroatoms. The highest BCUT2D eigenvalue weighted by atomic mass is 16.7. The van der Waals surface area contributed by atoms with Gasteiger partial charge in [0.15, 0.2) is 6.29 Å².